The quantitative estimate of drug-likeness (QED) is 0.727. The van der Waals surface area contributed by atoms with Gasteiger partial charge >= 0.3 is 0 Å². The second-order valence-electron chi connectivity index (χ2n) is 4.57. The second-order valence-corrected chi connectivity index (χ2v) is 4.57. The summed E-state index contributed by atoms with van der Waals surface area (Å²) in [5, 5.41) is 0. The zero-order valence-corrected chi connectivity index (χ0v) is 8.95. The van der Waals surface area contributed by atoms with E-state index in [2.05, 4.69) is 0 Å². The maximum atomic E-state index is 12.1. The van der Waals surface area contributed by atoms with E-state index in [-0.39, 0.29) is 23.8 Å². The highest BCUT2D eigenvalue weighted by Gasteiger charge is 2.36. The van der Waals surface area contributed by atoms with Gasteiger partial charge in [-0.15, -0.1) is 0 Å². The Balaban J connectivity index is 2.02. The van der Waals surface area contributed by atoms with Crippen LogP contribution in [-0.2, 0) is 9.59 Å². The molecule has 1 atom stereocenters. The molecule has 2 amide bonds. The third-order valence-electron chi connectivity index (χ3n) is 3.57. The summed E-state index contributed by atoms with van der Waals surface area (Å²) in [5.74, 6) is -0.0300. The molecule has 4 heteroatoms. The number of carbonyl (C=O) groups is 2. The molecule has 1 aliphatic heterocycles. The Bertz CT molecular complexity index is 272. The van der Waals surface area contributed by atoms with Crippen molar-refractivity contribution < 1.29 is 9.59 Å². The van der Waals surface area contributed by atoms with Crippen molar-refractivity contribution in [2.24, 2.45) is 11.7 Å². The predicted octanol–water partition coefficient (Wildman–Crippen LogP) is 0.653. The van der Waals surface area contributed by atoms with Gasteiger partial charge in [-0.25, -0.2) is 0 Å². The molecule has 2 N–H and O–H groups in total. The summed E-state index contributed by atoms with van der Waals surface area (Å²) < 4.78 is 0. The van der Waals surface area contributed by atoms with Gasteiger partial charge in [0.1, 0.15) is 6.04 Å². The van der Waals surface area contributed by atoms with Gasteiger partial charge in [0, 0.05) is 12.5 Å². The minimum absolute atomic E-state index is 0.157. The monoisotopic (exact) mass is 210 g/mol. The van der Waals surface area contributed by atoms with E-state index in [0.29, 0.717) is 6.54 Å². The van der Waals surface area contributed by atoms with Crippen LogP contribution in [-0.4, -0.2) is 29.3 Å². The summed E-state index contributed by atoms with van der Waals surface area (Å²) in [4.78, 5) is 24.9. The Morgan fingerprint density at radius 1 is 1.07 bits per heavy atom. The molecule has 0 spiro atoms. The number of amides is 2. The lowest BCUT2D eigenvalue weighted by molar-refractivity contribution is -0.140. The van der Waals surface area contributed by atoms with Gasteiger partial charge in [-0.3, -0.25) is 9.59 Å². The Hall–Kier alpha value is -1.06. The molecule has 4 nitrogen and oxygen atoms in total. The minimum Gasteiger partial charge on any atom is -0.368 e. The molecule has 0 unspecified atom stereocenters. The number of hydrogen-bond acceptors (Lipinski definition) is 2. The molecule has 15 heavy (non-hydrogen) atoms. The number of nitrogens with two attached hydrogens (primary N) is 1. The van der Waals surface area contributed by atoms with Gasteiger partial charge in [-0.2, -0.15) is 0 Å². The van der Waals surface area contributed by atoms with Crippen LogP contribution < -0.4 is 5.73 Å². The summed E-state index contributed by atoms with van der Waals surface area (Å²) >= 11 is 0. The number of primary amides is 1. The standard InChI is InChI=1S/C11H18N2O2/c12-10(14)9-6-3-7-13(9)11(15)8-4-1-2-5-8/h8-9H,1-7H2,(H2,12,14)/t9-/m0/s1. The van der Waals surface area contributed by atoms with Crippen molar-refractivity contribution in [1.82, 2.24) is 4.90 Å². The molecular formula is C11H18N2O2. The van der Waals surface area contributed by atoms with E-state index in [1.807, 2.05) is 0 Å². The van der Waals surface area contributed by atoms with Crippen molar-refractivity contribution in [3.63, 3.8) is 0 Å². The maximum absolute atomic E-state index is 12.1. The molecule has 1 heterocycles. The van der Waals surface area contributed by atoms with E-state index in [0.717, 1.165) is 38.5 Å². The average Bonchev–Trinajstić information content (AvgIpc) is 2.88. The van der Waals surface area contributed by atoms with Crippen LogP contribution in [0, 0.1) is 5.92 Å². The minimum atomic E-state index is -0.348. The van der Waals surface area contributed by atoms with Crippen molar-refractivity contribution in [2.45, 2.75) is 44.6 Å². The number of nitrogens with zero attached hydrogens (tertiary/aromatic N) is 1. The molecule has 0 aromatic heterocycles. The molecule has 84 valence electrons. The first kappa shape index (κ1) is 10.5. The van der Waals surface area contributed by atoms with Crippen molar-refractivity contribution in [3.05, 3.63) is 0 Å². The zero-order chi connectivity index (χ0) is 10.8. The van der Waals surface area contributed by atoms with Crippen LogP contribution in [0.3, 0.4) is 0 Å². The lowest BCUT2D eigenvalue weighted by Gasteiger charge is -2.25. The maximum Gasteiger partial charge on any atom is 0.240 e. The van der Waals surface area contributed by atoms with E-state index in [1.54, 1.807) is 4.90 Å². The summed E-state index contributed by atoms with van der Waals surface area (Å²) in [7, 11) is 0. The van der Waals surface area contributed by atoms with Gasteiger partial charge in [0.15, 0.2) is 0 Å². The summed E-state index contributed by atoms with van der Waals surface area (Å²) in [5.41, 5.74) is 5.29. The first-order chi connectivity index (χ1) is 7.20. The summed E-state index contributed by atoms with van der Waals surface area (Å²) in [6.45, 7) is 0.711. The molecule has 2 aliphatic rings. The van der Waals surface area contributed by atoms with Crippen LogP contribution in [0.1, 0.15) is 38.5 Å². The van der Waals surface area contributed by atoms with Gasteiger partial charge in [-0.1, -0.05) is 12.8 Å². The molecule has 0 aromatic rings. The summed E-state index contributed by atoms with van der Waals surface area (Å²) in [6.07, 6.45) is 5.92. The Morgan fingerprint density at radius 3 is 2.33 bits per heavy atom. The Labute approximate surface area is 89.8 Å². The van der Waals surface area contributed by atoms with E-state index >= 15 is 0 Å². The molecule has 1 saturated heterocycles. The van der Waals surface area contributed by atoms with Crippen LogP contribution in [0.2, 0.25) is 0 Å². The van der Waals surface area contributed by atoms with Crippen LogP contribution in [0.4, 0.5) is 0 Å². The first-order valence-corrected chi connectivity index (χ1v) is 5.80. The van der Waals surface area contributed by atoms with Gasteiger partial charge in [-0.05, 0) is 25.7 Å². The molecule has 0 aromatic carbocycles. The number of rotatable bonds is 2. The highest BCUT2D eigenvalue weighted by atomic mass is 16.2. The van der Waals surface area contributed by atoms with Gasteiger partial charge < -0.3 is 10.6 Å². The van der Waals surface area contributed by atoms with Crippen LogP contribution in [0.15, 0.2) is 0 Å². The van der Waals surface area contributed by atoms with Crippen molar-refractivity contribution in [2.75, 3.05) is 6.54 Å². The Morgan fingerprint density at radius 2 is 1.73 bits per heavy atom. The average molecular weight is 210 g/mol. The molecular weight excluding hydrogens is 192 g/mol. The van der Waals surface area contributed by atoms with Crippen LogP contribution in [0.25, 0.3) is 0 Å². The zero-order valence-electron chi connectivity index (χ0n) is 8.95. The fraction of sp³-hybridized carbons (Fsp3) is 0.818. The Kier molecular flexibility index (Phi) is 2.93. The molecule has 0 bridgehead atoms. The summed E-state index contributed by atoms with van der Waals surface area (Å²) in [6, 6.07) is -0.335. The van der Waals surface area contributed by atoms with Crippen molar-refractivity contribution in [1.29, 1.82) is 0 Å². The van der Waals surface area contributed by atoms with Crippen LogP contribution in [0.5, 0.6) is 0 Å². The third-order valence-corrected chi connectivity index (χ3v) is 3.57. The van der Waals surface area contributed by atoms with Crippen molar-refractivity contribution in [3.8, 4) is 0 Å². The molecule has 1 saturated carbocycles. The number of hydrogen-bond donors (Lipinski definition) is 1. The normalized spacial score (nSPS) is 27.2. The van der Waals surface area contributed by atoms with Gasteiger partial charge in [0.05, 0.1) is 0 Å². The molecule has 2 rings (SSSR count). The highest BCUT2D eigenvalue weighted by Crippen LogP contribution is 2.29. The fourth-order valence-electron chi connectivity index (χ4n) is 2.73. The van der Waals surface area contributed by atoms with Gasteiger partial charge in [0.2, 0.25) is 11.8 Å². The lowest BCUT2D eigenvalue weighted by Crippen LogP contribution is -2.45. The first-order valence-electron chi connectivity index (χ1n) is 5.80. The third kappa shape index (κ3) is 1.98. The second kappa shape index (κ2) is 4.21. The van der Waals surface area contributed by atoms with E-state index in [1.165, 1.54) is 0 Å². The molecule has 2 fully saturated rings. The largest absolute Gasteiger partial charge is 0.368 e. The van der Waals surface area contributed by atoms with E-state index in [4.69, 9.17) is 5.73 Å². The number of likely N-dealkylation sites (tertiary alicyclic amines) is 1. The van der Waals surface area contributed by atoms with Gasteiger partial charge in [0.25, 0.3) is 0 Å². The van der Waals surface area contributed by atoms with Crippen LogP contribution >= 0.6 is 0 Å². The van der Waals surface area contributed by atoms with E-state index < -0.39 is 0 Å². The molecule has 1 aliphatic carbocycles. The number of carbonyl (C=O) groups excluding carboxylic acids is 2. The topological polar surface area (TPSA) is 63.4 Å². The lowest BCUT2D eigenvalue weighted by atomic mass is 10.1. The SMILES string of the molecule is NC(=O)[C@@H]1CCCN1C(=O)C1CCCC1. The fourth-order valence-corrected chi connectivity index (χ4v) is 2.73. The highest BCUT2D eigenvalue weighted by molar-refractivity contribution is 5.88. The molecule has 0 radical (unpaired) electrons. The van der Waals surface area contributed by atoms with E-state index in [9.17, 15) is 9.59 Å². The predicted molar refractivity (Wildman–Crippen MR) is 55.9 cm³/mol. The van der Waals surface area contributed by atoms with Crippen molar-refractivity contribution >= 4 is 11.8 Å². The smallest absolute Gasteiger partial charge is 0.240 e.